The van der Waals surface area contributed by atoms with Gasteiger partial charge in [0.2, 0.25) is 10.0 Å². The number of rotatable bonds is 5. The monoisotopic (exact) mass is 368 g/mol. The average Bonchev–Trinajstić information content (AvgIpc) is 2.98. The molecule has 0 atom stereocenters. The zero-order valence-electron chi connectivity index (χ0n) is 15.1. The molecule has 1 saturated heterocycles. The maximum Gasteiger partial charge on any atom is 0.271 e. The van der Waals surface area contributed by atoms with E-state index in [1.54, 1.807) is 9.21 Å². The Labute approximate surface area is 150 Å². The van der Waals surface area contributed by atoms with Gasteiger partial charge in [0, 0.05) is 39.1 Å². The van der Waals surface area contributed by atoms with Gasteiger partial charge in [-0.25, -0.2) is 12.7 Å². The number of carbonyl (C=O) groups excluding carboxylic acids is 1. The first kappa shape index (κ1) is 18.4. The molecule has 7 nitrogen and oxygen atoms in total. The Morgan fingerprint density at radius 1 is 1.20 bits per heavy atom. The average molecular weight is 369 g/mol. The van der Waals surface area contributed by atoms with E-state index in [1.807, 2.05) is 24.7 Å². The molecule has 0 aliphatic carbocycles. The van der Waals surface area contributed by atoms with Crippen molar-refractivity contribution in [2.24, 2.45) is 0 Å². The maximum atomic E-state index is 12.4. The molecular formula is C17H28N4O3S. The predicted molar refractivity (Wildman–Crippen MR) is 96.0 cm³/mol. The lowest BCUT2D eigenvalue weighted by Gasteiger charge is -2.30. The molecular weight excluding hydrogens is 340 g/mol. The fraction of sp³-hybridized carbons (Fsp3) is 0.765. The first-order valence-corrected chi connectivity index (χ1v) is 10.8. The van der Waals surface area contributed by atoms with E-state index in [4.69, 9.17) is 0 Å². The molecule has 0 bridgehead atoms. The van der Waals surface area contributed by atoms with Crippen LogP contribution >= 0.6 is 0 Å². The Morgan fingerprint density at radius 2 is 1.92 bits per heavy atom. The summed E-state index contributed by atoms with van der Waals surface area (Å²) in [5.74, 6) is 0.499. The molecule has 0 N–H and O–H groups in total. The van der Waals surface area contributed by atoms with Gasteiger partial charge in [0.1, 0.15) is 5.69 Å². The number of unbranched alkanes of at least 4 members (excludes halogenated alkanes) is 1. The van der Waals surface area contributed by atoms with Crippen molar-refractivity contribution in [2.75, 3.05) is 32.4 Å². The lowest BCUT2D eigenvalue weighted by Crippen LogP contribution is -2.39. The third-order valence-corrected chi connectivity index (χ3v) is 7.21. The smallest absolute Gasteiger partial charge is 0.271 e. The van der Waals surface area contributed by atoms with Gasteiger partial charge in [0.05, 0.1) is 11.4 Å². The van der Waals surface area contributed by atoms with Crippen molar-refractivity contribution in [3.8, 4) is 0 Å². The van der Waals surface area contributed by atoms with Crippen molar-refractivity contribution in [1.82, 2.24) is 19.0 Å². The van der Waals surface area contributed by atoms with Crippen LogP contribution in [0.4, 0.5) is 0 Å². The number of carbonyl (C=O) groups is 1. The first-order valence-electron chi connectivity index (χ1n) is 9.23. The van der Waals surface area contributed by atoms with Gasteiger partial charge in [-0.05, 0) is 31.7 Å². The van der Waals surface area contributed by atoms with E-state index < -0.39 is 10.0 Å². The van der Waals surface area contributed by atoms with Crippen molar-refractivity contribution in [3.05, 3.63) is 17.5 Å². The third-order valence-electron chi connectivity index (χ3n) is 5.25. The number of nitrogens with zero attached hydrogens (tertiary/aromatic N) is 4. The van der Waals surface area contributed by atoms with Crippen LogP contribution in [0.15, 0.2) is 6.07 Å². The second kappa shape index (κ2) is 7.45. The molecule has 0 radical (unpaired) electrons. The van der Waals surface area contributed by atoms with Crippen molar-refractivity contribution in [1.29, 1.82) is 0 Å². The Bertz CT molecular complexity index is 720. The number of aromatic nitrogens is 2. The number of hydrogen-bond donors (Lipinski definition) is 0. The number of fused-ring (bicyclic) bond motifs is 1. The van der Waals surface area contributed by atoms with E-state index in [9.17, 15) is 13.2 Å². The summed E-state index contributed by atoms with van der Waals surface area (Å²) in [6.07, 6.45) is 4.05. The number of hydrogen-bond acceptors (Lipinski definition) is 4. The van der Waals surface area contributed by atoms with Crippen LogP contribution in [0, 0.1) is 0 Å². The zero-order chi connectivity index (χ0) is 18.0. The highest BCUT2D eigenvalue weighted by Gasteiger charge is 2.31. The fourth-order valence-electron chi connectivity index (χ4n) is 3.62. The summed E-state index contributed by atoms with van der Waals surface area (Å²) in [7, 11) is -1.30. The number of piperidine rings is 1. The predicted octanol–water partition coefficient (Wildman–Crippen LogP) is 1.67. The summed E-state index contributed by atoms with van der Waals surface area (Å²) >= 11 is 0. The molecule has 3 rings (SSSR count). The summed E-state index contributed by atoms with van der Waals surface area (Å²) in [6.45, 7) is 4.62. The van der Waals surface area contributed by atoms with Crippen LogP contribution < -0.4 is 0 Å². The minimum absolute atomic E-state index is 0.0239. The van der Waals surface area contributed by atoms with Gasteiger partial charge in [-0.2, -0.15) is 5.10 Å². The van der Waals surface area contributed by atoms with E-state index >= 15 is 0 Å². The second-order valence-electron chi connectivity index (χ2n) is 7.10. The molecule has 1 fully saturated rings. The maximum absolute atomic E-state index is 12.4. The highest BCUT2D eigenvalue weighted by molar-refractivity contribution is 7.89. The van der Waals surface area contributed by atoms with Gasteiger partial charge >= 0.3 is 0 Å². The van der Waals surface area contributed by atoms with Gasteiger partial charge in [-0.3, -0.25) is 9.48 Å². The molecule has 0 aromatic carbocycles. The summed E-state index contributed by atoms with van der Waals surface area (Å²) < 4.78 is 28.1. The normalized spacial score (nSPS) is 20.6. The van der Waals surface area contributed by atoms with Crippen LogP contribution in [0.2, 0.25) is 0 Å². The molecule has 2 aliphatic rings. The van der Waals surface area contributed by atoms with Crippen LogP contribution in [-0.4, -0.2) is 65.7 Å². The van der Waals surface area contributed by atoms with Crippen LogP contribution in [-0.2, 0) is 16.6 Å². The summed E-state index contributed by atoms with van der Waals surface area (Å²) in [4.78, 5) is 14.1. The third kappa shape index (κ3) is 3.89. The van der Waals surface area contributed by atoms with Gasteiger partial charge < -0.3 is 4.90 Å². The molecule has 0 saturated carbocycles. The van der Waals surface area contributed by atoms with Crippen LogP contribution in [0.1, 0.15) is 61.1 Å². The Morgan fingerprint density at radius 3 is 2.60 bits per heavy atom. The lowest BCUT2D eigenvalue weighted by molar-refractivity contribution is 0.0796. The number of aryl methyl sites for hydroxylation is 1. The largest absolute Gasteiger partial charge is 0.340 e. The van der Waals surface area contributed by atoms with Crippen LogP contribution in [0.3, 0.4) is 0 Å². The molecule has 0 spiro atoms. The van der Waals surface area contributed by atoms with Gasteiger partial charge in [-0.1, -0.05) is 13.3 Å². The topological polar surface area (TPSA) is 75.5 Å². The van der Waals surface area contributed by atoms with Crippen molar-refractivity contribution in [2.45, 2.75) is 51.5 Å². The number of amides is 1. The van der Waals surface area contributed by atoms with Gasteiger partial charge in [0.15, 0.2) is 0 Å². The van der Waals surface area contributed by atoms with Crippen molar-refractivity contribution >= 4 is 15.9 Å². The Balaban J connectivity index is 1.67. The second-order valence-corrected chi connectivity index (χ2v) is 9.19. The Hall–Kier alpha value is -1.41. The van der Waals surface area contributed by atoms with E-state index in [0.717, 1.165) is 44.5 Å². The molecule has 1 amide bonds. The molecule has 25 heavy (non-hydrogen) atoms. The molecule has 8 heteroatoms. The molecule has 1 aromatic rings. The molecule has 140 valence electrons. The van der Waals surface area contributed by atoms with E-state index in [2.05, 4.69) is 5.10 Å². The van der Waals surface area contributed by atoms with E-state index in [-0.39, 0.29) is 17.6 Å². The SMILES string of the molecule is CCCCS(=O)(=O)N1CCC(c2cc3n(n2)CCCN(C)C3=O)CC1. The minimum atomic E-state index is -3.13. The van der Waals surface area contributed by atoms with Crippen molar-refractivity contribution < 1.29 is 13.2 Å². The summed E-state index contributed by atoms with van der Waals surface area (Å²) in [5, 5.41) is 4.66. The van der Waals surface area contributed by atoms with Gasteiger partial charge in [0.25, 0.3) is 5.91 Å². The molecule has 0 unspecified atom stereocenters. The fourth-order valence-corrected chi connectivity index (χ4v) is 5.30. The summed E-state index contributed by atoms with van der Waals surface area (Å²) in [6, 6.07) is 1.91. The minimum Gasteiger partial charge on any atom is -0.340 e. The Kier molecular flexibility index (Phi) is 5.48. The first-order chi connectivity index (χ1) is 11.9. The van der Waals surface area contributed by atoms with Crippen molar-refractivity contribution in [3.63, 3.8) is 0 Å². The van der Waals surface area contributed by atoms with Crippen LogP contribution in [0.25, 0.3) is 0 Å². The molecule has 3 heterocycles. The number of sulfonamides is 1. The molecule has 1 aromatic heterocycles. The lowest BCUT2D eigenvalue weighted by atomic mass is 9.94. The van der Waals surface area contributed by atoms with Gasteiger partial charge in [-0.15, -0.1) is 0 Å². The highest BCUT2D eigenvalue weighted by Crippen LogP contribution is 2.29. The van der Waals surface area contributed by atoms with E-state index in [1.165, 1.54) is 0 Å². The summed E-state index contributed by atoms with van der Waals surface area (Å²) in [5.41, 5.74) is 1.59. The van der Waals surface area contributed by atoms with Crippen LogP contribution in [0.5, 0.6) is 0 Å². The zero-order valence-corrected chi connectivity index (χ0v) is 16.0. The van der Waals surface area contributed by atoms with E-state index in [0.29, 0.717) is 25.2 Å². The molecule has 2 aliphatic heterocycles. The quantitative estimate of drug-likeness (QED) is 0.792. The highest BCUT2D eigenvalue weighted by atomic mass is 32.2. The standard InChI is InChI=1S/C17H28N4O3S/c1-3-4-12-25(23,24)20-10-6-14(7-11-20)15-13-16-17(22)19(2)8-5-9-21(16)18-15/h13-14H,3-12H2,1-2H3.